The van der Waals surface area contributed by atoms with Crippen LogP contribution in [0.1, 0.15) is 28.9 Å². The molecule has 0 fully saturated rings. The highest BCUT2D eigenvalue weighted by Crippen LogP contribution is 2.25. The second-order valence-electron chi connectivity index (χ2n) is 5.77. The van der Waals surface area contributed by atoms with E-state index in [-0.39, 0.29) is 17.6 Å². The Labute approximate surface area is 149 Å². The Balaban J connectivity index is 1.78. The molecule has 3 rings (SSSR count). The van der Waals surface area contributed by atoms with Crippen LogP contribution in [0.2, 0.25) is 0 Å². The van der Waals surface area contributed by atoms with Gasteiger partial charge in [-0.05, 0) is 36.8 Å². The molecule has 1 heterocycles. The topological polar surface area (TPSA) is 102 Å². The monoisotopic (exact) mass is 352 g/mol. The van der Waals surface area contributed by atoms with Crippen LogP contribution in [0.4, 0.5) is 5.69 Å². The SMILES string of the molecule is C[C@H](c1cccc([N+](=O)[O-])c1)N(C)C(=O)c1ccc(-c2nnco2)cc1. The highest BCUT2D eigenvalue weighted by molar-refractivity contribution is 5.94. The molecule has 0 unspecified atom stereocenters. The van der Waals surface area contributed by atoms with Crippen LogP contribution in [0.5, 0.6) is 0 Å². The Kier molecular flexibility index (Phi) is 4.74. The number of hydrogen-bond donors (Lipinski definition) is 0. The molecule has 1 aromatic heterocycles. The lowest BCUT2D eigenvalue weighted by Crippen LogP contribution is -2.29. The molecule has 132 valence electrons. The summed E-state index contributed by atoms with van der Waals surface area (Å²) in [6, 6.07) is 12.8. The fraction of sp³-hybridized carbons (Fsp3) is 0.167. The van der Waals surface area contributed by atoms with Crippen molar-refractivity contribution in [1.29, 1.82) is 0 Å². The highest BCUT2D eigenvalue weighted by Gasteiger charge is 2.20. The molecule has 8 nitrogen and oxygen atoms in total. The van der Waals surface area contributed by atoms with Crippen LogP contribution in [0, 0.1) is 10.1 Å². The van der Waals surface area contributed by atoms with Crippen LogP contribution in [0.15, 0.2) is 59.3 Å². The summed E-state index contributed by atoms with van der Waals surface area (Å²) in [5.74, 6) is 0.184. The molecule has 0 N–H and O–H groups in total. The van der Waals surface area contributed by atoms with E-state index < -0.39 is 4.92 Å². The number of nitro groups is 1. The van der Waals surface area contributed by atoms with Crippen molar-refractivity contribution >= 4 is 11.6 Å². The number of carbonyl (C=O) groups excluding carboxylic acids is 1. The molecule has 0 bridgehead atoms. The van der Waals surface area contributed by atoms with Gasteiger partial charge in [-0.3, -0.25) is 14.9 Å². The van der Waals surface area contributed by atoms with Gasteiger partial charge in [-0.25, -0.2) is 0 Å². The average molecular weight is 352 g/mol. The summed E-state index contributed by atoms with van der Waals surface area (Å²) < 4.78 is 5.12. The predicted molar refractivity (Wildman–Crippen MR) is 93.3 cm³/mol. The number of nitro benzene ring substituents is 1. The third-order valence-electron chi connectivity index (χ3n) is 4.20. The van der Waals surface area contributed by atoms with E-state index in [2.05, 4.69) is 10.2 Å². The first-order valence-corrected chi connectivity index (χ1v) is 7.85. The molecule has 1 amide bonds. The van der Waals surface area contributed by atoms with Crippen LogP contribution < -0.4 is 0 Å². The number of carbonyl (C=O) groups is 1. The Morgan fingerprint density at radius 3 is 2.58 bits per heavy atom. The van der Waals surface area contributed by atoms with E-state index in [1.807, 2.05) is 6.92 Å². The minimum atomic E-state index is -0.450. The van der Waals surface area contributed by atoms with Crippen LogP contribution in [0.3, 0.4) is 0 Å². The third-order valence-corrected chi connectivity index (χ3v) is 4.20. The van der Waals surface area contributed by atoms with Gasteiger partial charge in [0.25, 0.3) is 11.6 Å². The Morgan fingerprint density at radius 1 is 1.23 bits per heavy atom. The van der Waals surface area contributed by atoms with Crippen LogP contribution >= 0.6 is 0 Å². The number of hydrogen-bond acceptors (Lipinski definition) is 6. The first kappa shape index (κ1) is 17.3. The zero-order chi connectivity index (χ0) is 18.7. The summed E-state index contributed by atoms with van der Waals surface area (Å²) in [5.41, 5.74) is 1.90. The second kappa shape index (κ2) is 7.14. The molecule has 0 saturated heterocycles. The first-order valence-electron chi connectivity index (χ1n) is 7.85. The van der Waals surface area contributed by atoms with E-state index in [9.17, 15) is 14.9 Å². The molecule has 0 aliphatic rings. The molecular formula is C18H16N4O4. The van der Waals surface area contributed by atoms with E-state index in [0.717, 1.165) is 0 Å². The highest BCUT2D eigenvalue weighted by atomic mass is 16.6. The maximum atomic E-state index is 12.7. The van der Waals surface area contributed by atoms with Crippen LogP contribution in [-0.4, -0.2) is 33.0 Å². The van der Waals surface area contributed by atoms with Gasteiger partial charge in [0.1, 0.15) is 0 Å². The molecule has 0 aliphatic heterocycles. The molecule has 1 atom stereocenters. The van der Waals surface area contributed by atoms with Crippen molar-refractivity contribution in [2.75, 3.05) is 7.05 Å². The maximum Gasteiger partial charge on any atom is 0.269 e. The quantitative estimate of drug-likeness (QED) is 0.514. The first-order chi connectivity index (χ1) is 12.5. The zero-order valence-corrected chi connectivity index (χ0v) is 14.2. The lowest BCUT2D eigenvalue weighted by molar-refractivity contribution is -0.384. The largest absolute Gasteiger partial charge is 0.423 e. The van der Waals surface area contributed by atoms with Crippen LogP contribution in [0.25, 0.3) is 11.5 Å². The Hall–Kier alpha value is -3.55. The van der Waals surface area contributed by atoms with Gasteiger partial charge in [-0.1, -0.05) is 12.1 Å². The van der Waals surface area contributed by atoms with Gasteiger partial charge in [0.15, 0.2) is 0 Å². The average Bonchev–Trinajstić information content (AvgIpc) is 3.21. The van der Waals surface area contributed by atoms with Crippen molar-refractivity contribution in [3.63, 3.8) is 0 Å². The minimum absolute atomic E-state index is 0.000825. The molecule has 0 aliphatic carbocycles. The van der Waals surface area contributed by atoms with E-state index >= 15 is 0 Å². The number of benzene rings is 2. The van der Waals surface area contributed by atoms with Crippen molar-refractivity contribution in [1.82, 2.24) is 15.1 Å². The van der Waals surface area contributed by atoms with Gasteiger partial charge in [0.2, 0.25) is 12.3 Å². The van der Waals surface area contributed by atoms with Gasteiger partial charge in [-0.2, -0.15) is 0 Å². The van der Waals surface area contributed by atoms with E-state index in [1.165, 1.54) is 18.5 Å². The summed E-state index contributed by atoms with van der Waals surface area (Å²) in [4.78, 5) is 24.7. The summed E-state index contributed by atoms with van der Waals surface area (Å²) in [6.45, 7) is 1.82. The van der Waals surface area contributed by atoms with E-state index in [0.29, 0.717) is 22.6 Å². The van der Waals surface area contributed by atoms with Gasteiger partial charge in [0.05, 0.1) is 11.0 Å². The number of non-ortho nitro benzene ring substituents is 1. The third kappa shape index (κ3) is 3.44. The molecule has 8 heteroatoms. The normalized spacial score (nSPS) is 11.8. The van der Waals surface area contributed by atoms with Crippen molar-refractivity contribution in [3.8, 4) is 11.5 Å². The van der Waals surface area contributed by atoms with Gasteiger partial charge in [0, 0.05) is 30.3 Å². The minimum Gasteiger partial charge on any atom is -0.423 e. The lowest BCUT2D eigenvalue weighted by atomic mass is 10.0. The van der Waals surface area contributed by atoms with E-state index in [1.54, 1.807) is 48.3 Å². The molecule has 2 aromatic carbocycles. The van der Waals surface area contributed by atoms with Gasteiger partial charge < -0.3 is 9.32 Å². The van der Waals surface area contributed by atoms with Crippen molar-refractivity contribution in [2.24, 2.45) is 0 Å². The summed E-state index contributed by atoms with van der Waals surface area (Å²) >= 11 is 0. The number of rotatable bonds is 5. The molecule has 26 heavy (non-hydrogen) atoms. The van der Waals surface area contributed by atoms with Crippen molar-refractivity contribution in [2.45, 2.75) is 13.0 Å². The summed E-state index contributed by atoms with van der Waals surface area (Å²) in [7, 11) is 1.66. The van der Waals surface area contributed by atoms with E-state index in [4.69, 9.17) is 4.42 Å². The van der Waals surface area contributed by atoms with Gasteiger partial charge >= 0.3 is 0 Å². The smallest absolute Gasteiger partial charge is 0.269 e. The summed E-state index contributed by atoms with van der Waals surface area (Å²) in [6.07, 6.45) is 1.24. The number of aromatic nitrogens is 2. The van der Waals surface area contributed by atoms with Gasteiger partial charge in [-0.15, -0.1) is 10.2 Å². The fourth-order valence-electron chi connectivity index (χ4n) is 2.56. The molecule has 0 saturated carbocycles. The lowest BCUT2D eigenvalue weighted by Gasteiger charge is -2.25. The van der Waals surface area contributed by atoms with Crippen LogP contribution in [-0.2, 0) is 0 Å². The van der Waals surface area contributed by atoms with Crippen molar-refractivity contribution in [3.05, 3.63) is 76.2 Å². The van der Waals surface area contributed by atoms with Crippen molar-refractivity contribution < 1.29 is 14.1 Å². The maximum absolute atomic E-state index is 12.7. The second-order valence-corrected chi connectivity index (χ2v) is 5.77. The fourth-order valence-corrected chi connectivity index (χ4v) is 2.56. The Bertz CT molecular complexity index is 923. The molecule has 0 spiro atoms. The molecular weight excluding hydrogens is 336 g/mol. The molecule has 3 aromatic rings. The predicted octanol–water partition coefficient (Wildman–Crippen LogP) is 3.48. The standard InChI is InChI=1S/C18H16N4O4/c1-12(15-4-3-5-16(10-15)22(24)25)21(2)18(23)14-8-6-13(7-9-14)17-20-19-11-26-17/h3-12H,1-2H3/t12-/m1/s1. The number of amides is 1. The number of nitrogens with zero attached hydrogens (tertiary/aromatic N) is 4. The zero-order valence-electron chi connectivity index (χ0n) is 14.2. The summed E-state index contributed by atoms with van der Waals surface area (Å²) in [5, 5.41) is 18.4. The Morgan fingerprint density at radius 2 is 1.96 bits per heavy atom. The molecule has 0 radical (unpaired) electrons.